The van der Waals surface area contributed by atoms with Gasteiger partial charge in [-0.3, -0.25) is 13.9 Å². The standard InChI is InChI=1S/C25H25ClN4O4S/c1-17-14-21(26)12-13-23(17)30(35(3,33)34)16-24(31)29-28-18(2)20-10-7-11-22(15-20)27-25(32)19-8-5-4-6-9-19/h4-15H,16H2,1-3H3,(H,27,32)(H,29,31)/b28-18-. The summed E-state index contributed by atoms with van der Waals surface area (Å²) in [4.78, 5) is 24.9. The number of hydrogen-bond donors (Lipinski definition) is 2. The monoisotopic (exact) mass is 512 g/mol. The number of hydrogen-bond acceptors (Lipinski definition) is 5. The molecule has 3 aromatic rings. The molecular weight excluding hydrogens is 488 g/mol. The second-order valence-corrected chi connectivity index (χ2v) is 10.2. The summed E-state index contributed by atoms with van der Waals surface area (Å²) in [5.41, 5.74) is 5.61. The molecule has 3 rings (SSSR count). The molecule has 3 aromatic carbocycles. The zero-order valence-electron chi connectivity index (χ0n) is 19.4. The normalized spacial score (nSPS) is 11.6. The number of carbonyl (C=O) groups is 2. The summed E-state index contributed by atoms with van der Waals surface area (Å²) in [6.45, 7) is 2.95. The number of halogens is 1. The predicted octanol–water partition coefficient (Wildman–Crippen LogP) is 4.21. The lowest BCUT2D eigenvalue weighted by atomic mass is 10.1. The molecule has 0 aromatic heterocycles. The molecule has 182 valence electrons. The molecule has 0 aliphatic rings. The van der Waals surface area contributed by atoms with Gasteiger partial charge in [0.25, 0.3) is 11.8 Å². The summed E-state index contributed by atoms with van der Waals surface area (Å²) in [5, 5.41) is 7.39. The fraction of sp³-hybridized carbons (Fsp3) is 0.160. The van der Waals surface area contributed by atoms with Crippen molar-refractivity contribution >= 4 is 50.5 Å². The van der Waals surface area contributed by atoms with Crippen molar-refractivity contribution in [2.45, 2.75) is 13.8 Å². The molecule has 0 unspecified atom stereocenters. The number of nitrogens with one attached hydrogen (secondary N) is 2. The van der Waals surface area contributed by atoms with Gasteiger partial charge in [0.15, 0.2) is 0 Å². The number of carbonyl (C=O) groups excluding carboxylic acids is 2. The van der Waals surface area contributed by atoms with Gasteiger partial charge in [-0.15, -0.1) is 0 Å². The minimum absolute atomic E-state index is 0.246. The minimum Gasteiger partial charge on any atom is -0.322 e. The summed E-state index contributed by atoms with van der Waals surface area (Å²) >= 11 is 5.97. The molecule has 8 nitrogen and oxygen atoms in total. The van der Waals surface area contributed by atoms with E-state index in [0.29, 0.717) is 38.8 Å². The third-order valence-electron chi connectivity index (χ3n) is 5.04. The van der Waals surface area contributed by atoms with Crippen molar-refractivity contribution in [3.8, 4) is 0 Å². The van der Waals surface area contributed by atoms with Gasteiger partial charge in [-0.1, -0.05) is 41.9 Å². The molecule has 0 saturated heterocycles. The molecule has 10 heteroatoms. The fourth-order valence-electron chi connectivity index (χ4n) is 3.27. The Morgan fingerprint density at radius 1 is 0.971 bits per heavy atom. The lowest BCUT2D eigenvalue weighted by molar-refractivity contribution is -0.119. The molecule has 0 aliphatic heterocycles. The molecule has 0 radical (unpaired) electrons. The van der Waals surface area contributed by atoms with Gasteiger partial charge < -0.3 is 5.32 Å². The number of rotatable bonds is 8. The van der Waals surface area contributed by atoms with Gasteiger partial charge in [-0.05, 0) is 67.4 Å². The van der Waals surface area contributed by atoms with Crippen molar-refractivity contribution in [1.29, 1.82) is 0 Å². The highest BCUT2D eigenvalue weighted by molar-refractivity contribution is 7.92. The molecule has 2 N–H and O–H groups in total. The second kappa shape index (κ2) is 11.2. The molecule has 2 amide bonds. The van der Waals surface area contributed by atoms with E-state index in [-0.39, 0.29) is 5.91 Å². The SMILES string of the molecule is C/C(=N/NC(=O)CN(c1ccc(Cl)cc1C)S(C)(=O)=O)c1cccc(NC(=O)c2ccccc2)c1. The Kier molecular flexibility index (Phi) is 8.26. The molecule has 0 spiro atoms. The van der Waals surface area contributed by atoms with Gasteiger partial charge in [-0.25, -0.2) is 13.8 Å². The number of hydrazone groups is 1. The van der Waals surface area contributed by atoms with Gasteiger partial charge >= 0.3 is 0 Å². The van der Waals surface area contributed by atoms with Crippen LogP contribution in [0.15, 0.2) is 77.9 Å². The maximum Gasteiger partial charge on any atom is 0.260 e. The smallest absolute Gasteiger partial charge is 0.260 e. The van der Waals surface area contributed by atoms with Crippen LogP contribution in [-0.4, -0.2) is 38.7 Å². The lowest BCUT2D eigenvalue weighted by Gasteiger charge is -2.23. The third kappa shape index (κ3) is 7.14. The largest absolute Gasteiger partial charge is 0.322 e. The van der Waals surface area contributed by atoms with E-state index in [1.54, 1.807) is 80.6 Å². The summed E-state index contributed by atoms with van der Waals surface area (Å²) in [5.74, 6) is -0.860. The Bertz CT molecular complexity index is 1380. The van der Waals surface area contributed by atoms with Crippen molar-refractivity contribution in [2.24, 2.45) is 5.10 Å². The highest BCUT2D eigenvalue weighted by Gasteiger charge is 2.22. The highest BCUT2D eigenvalue weighted by Crippen LogP contribution is 2.25. The first-order chi connectivity index (χ1) is 16.5. The Balaban J connectivity index is 1.70. The van der Waals surface area contributed by atoms with Crippen LogP contribution in [0.3, 0.4) is 0 Å². The zero-order valence-corrected chi connectivity index (χ0v) is 21.0. The molecule has 35 heavy (non-hydrogen) atoms. The van der Waals surface area contributed by atoms with E-state index < -0.39 is 22.5 Å². The van der Waals surface area contributed by atoms with E-state index in [2.05, 4.69) is 15.8 Å². The molecule has 0 aliphatic carbocycles. The van der Waals surface area contributed by atoms with E-state index in [1.807, 2.05) is 6.07 Å². The number of anilines is 2. The van der Waals surface area contributed by atoms with E-state index >= 15 is 0 Å². The van der Waals surface area contributed by atoms with Crippen LogP contribution in [0.5, 0.6) is 0 Å². The summed E-state index contributed by atoms with van der Waals surface area (Å²) in [6, 6.07) is 20.6. The van der Waals surface area contributed by atoms with Crippen molar-refractivity contribution in [1.82, 2.24) is 5.43 Å². The highest BCUT2D eigenvalue weighted by atomic mass is 35.5. The van der Waals surface area contributed by atoms with Gasteiger partial charge in [0.05, 0.1) is 17.7 Å². The number of benzene rings is 3. The molecule has 0 atom stereocenters. The molecule has 0 fully saturated rings. The van der Waals surface area contributed by atoms with E-state index in [4.69, 9.17) is 11.6 Å². The van der Waals surface area contributed by atoms with E-state index in [1.165, 1.54) is 0 Å². The Hall–Kier alpha value is -3.69. The Morgan fingerprint density at radius 2 is 1.66 bits per heavy atom. The molecule has 0 saturated carbocycles. The van der Waals surface area contributed by atoms with Gasteiger partial charge in [0.2, 0.25) is 10.0 Å². The lowest BCUT2D eigenvalue weighted by Crippen LogP contribution is -2.39. The first kappa shape index (κ1) is 25.9. The number of aryl methyl sites for hydroxylation is 1. The van der Waals surface area contributed by atoms with Crippen LogP contribution < -0.4 is 15.0 Å². The molecular formula is C25H25ClN4O4S. The average molecular weight is 513 g/mol. The van der Waals surface area contributed by atoms with Crippen LogP contribution in [0.2, 0.25) is 5.02 Å². The van der Waals surface area contributed by atoms with E-state index in [0.717, 1.165) is 10.6 Å². The average Bonchev–Trinajstić information content (AvgIpc) is 2.81. The van der Waals surface area contributed by atoms with Crippen molar-refractivity contribution in [2.75, 3.05) is 22.4 Å². The maximum absolute atomic E-state index is 12.5. The van der Waals surface area contributed by atoms with Gasteiger partial charge in [-0.2, -0.15) is 5.10 Å². The van der Waals surface area contributed by atoms with Crippen LogP contribution in [-0.2, 0) is 14.8 Å². The Labute approximate surface area is 209 Å². The summed E-state index contributed by atoms with van der Waals surface area (Å²) in [6.07, 6.45) is 1.03. The molecule has 0 heterocycles. The second-order valence-electron chi connectivity index (χ2n) is 7.83. The first-order valence-electron chi connectivity index (χ1n) is 10.6. The van der Waals surface area contributed by atoms with Crippen LogP contribution in [0.25, 0.3) is 0 Å². The van der Waals surface area contributed by atoms with Crippen molar-refractivity contribution < 1.29 is 18.0 Å². The van der Waals surface area contributed by atoms with Crippen LogP contribution in [0.4, 0.5) is 11.4 Å². The maximum atomic E-state index is 12.5. The zero-order chi connectivity index (χ0) is 25.6. The van der Waals surface area contributed by atoms with E-state index in [9.17, 15) is 18.0 Å². The van der Waals surface area contributed by atoms with Crippen LogP contribution in [0.1, 0.15) is 28.4 Å². The van der Waals surface area contributed by atoms with Crippen LogP contribution in [0, 0.1) is 6.92 Å². The summed E-state index contributed by atoms with van der Waals surface area (Å²) in [7, 11) is -3.74. The number of nitrogens with zero attached hydrogens (tertiary/aromatic N) is 2. The van der Waals surface area contributed by atoms with Gasteiger partial charge in [0, 0.05) is 16.3 Å². The first-order valence-corrected chi connectivity index (χ1v) is 12.8. The quantitative estimate of drug-likeness (QED) is 0.348. The topological polar surface area (TPSA) is 108 Å². The van der Waals surface area contributed by atoms with Crippen molar-refractivity contribution in [3.63, 3.8) is 0 Å². The van der Waals surface area contributed by atoms with Crippen molar-refractivity contribution in [3.05, 3.63) is 94.5 Å². The Morgan fingerprint density at radius 3 is 2.31 bits per heavy atom. The predicted molar refractivity (Wildman–Crippen MR) is 140 cm³/mol. The number of sulfonamides is 1. The van der Waals surface area contributed by atoms with Crippen LogP contribution >= 0.6 is 11.6 Å². The third-order valence-corrected chi connectivity index (χ3v) is 6.40. The number of amides is 2. The molecule has 0 bridgehead atoms. The fourth-order valence-corrected chi connectivity index (χ4v) is 4.41. The van der Waals surface area contributed by atoms with Gasteiger partial charge in [0.1, 0.15) is 6.54 Å². The minimum atomic E-state index is -3.74. The summed E-state index contributed by atoms with van der Waals surface area (Å²) < 4.78 is 25.7.